The van der Waals surface area contributed by atoms with E-state index in [1.165, 1.54) is 15.6 Å². The molecule has 0 aliphatic rings. The van der Waals surface area contributed by atoms with E-state index < -0.39 is 50.7 Å². The molecule has 0 aliphatic carbocycles. The van der Waals surface area contributed by atoms with Crippen LogP contribution in [0.5, 0.6) is 0 Å². The zero-order valence-corrected chi connectivity index (χ0v) is 27.1. The standard InChI is InChI=1S/C28H40O6Si3/c1-29-26(30-2,35-22-16-10-7-11-17-22)25(27(31-3,32-4)36-23-18-12-8-13-19-23)28(33-5,34-6)37-24-20-14-9-15-21-24/h7-21,25H,35-37H2,1-6H3. The Morgan fingerprint density at radius 1 is 0.405 bits per heavy atom. The molecule has 0 atom stereocenters. The van der Waals surface area contributed by atoms with Gasteiger partial charge in [-0.1, -0.05) is 107 Å². The highest BCUT2D eigenvalue weighted by Gasteiger charge is 2.63. The van der Waals surface area contributed by atoms with E-state index >= 15 is 0 Å². The molecule has 9 heteroatoms. The first-order chi connectivity index (χ1) is 18.0. The monoisotopic (exact) mass is 556 g/mol. The molecule has 37 heavy (non-hydrogen) atoms. The molecule has 0 aliphatic heterocycles. The molecule has 0 radical (unpaired) electrons. The van der Waals surface area contributed by atoms with E-state index in [1.54, 1.807) is 42.7 Å². The molecule has 6 nitrogen and oxygen atoms in total. The maximum atomic E-state index is 6.41. The predicted octanol–water partition coefficient (Wildman–Crippen LogP) is -0.0747. The SMILES string of the molecule is COC(OC)([SiH2]c1ccccc1)C(C(OC)(OC)[SiH2]c1ccccc1)C(OC)(OC)[SiH2]c1ccccc1. The molecule has 0 saturated carbocycles. The molecule has 3 aromatic carbocycles. The van der Waals surface area contributed by atoms with Crippen molar-refractivity contribution in [2.24, 2.45) is 5.92 Å². The Balaban J connectivity index is 2.28. The van der Waals surface area contributed by atoms with Gasteiger partial charge in [0.15, 0.2) is 16.2 Å². The summed E-state index contributed by atoms with van der Waals surface area (Å²) in [6.07, 6.45) is 0. The fraction of sp³-hybridized carbons (Fsp3) is 0.357. The maximum Gasteiger partial charge on any atom is 0.161 e. The molecule has 3 rings (SSSR count). The normalized spacial score (nSPS) is 14.4. The summed E-state index contributed by atoms with van der Waals surface area (Å²) in [5, 5.41) is 3.59. The Kier molecular flexibility index (Phi) is 11.0. The Hall–Kier alpha value is -1.93. The largest absolute Gasteiger partial charge is 0.357 e. The van der Waals surface area contributed by atoms with Crippen LogP contribution in [0.2, 0.25) is 0 Å². The van der Waals surface area contributed by atoms with Crippen molar-refractivity contribution in [3.63, 3.8) is 0 Å². The lowest BCUT2D eigenvalue weighted by atomic mass is 10.1. The van der Waals surface area contributed by atoms with Gasteiger partial charge in [0.1, 0.15) is 34.5 Å². The lowest BCUT2D eigenvalue weighted by Crippen LogP contribution is -2.74. The van der Waals surface area contributed by atoms with Crippen molar-refractivity contribution in [3.05, 3.63) is 91.0 Å². The highest BCUT2D eigenvalue weighted by molar-refractivity contribution is 6.60. The zero-order chi connectivity index (χ0) is 26.8. The summed E-state index contributed by atoms with van der Waals surface area (Å²) in [5.74, 6) is -0.543. The van der Waals surface area contributed by atoms with Crippen LogP contribution in [0.3, 0.4) is 0 Å². The van der Waals surface area contributed by atoms with E-state index in [9.17, 15) is 0 Å². The minimum Gasteiger partial charge on any atom is -0.357 e. The Labute approximate surface area is 228 Å². The summed E-state index contributed by atoms with van der Waals surface area (Å²) in [6, 6.07) is 31.1. The molecule has 0 fully saturated rings. The van der Waals surface area contributed by atoms with Crippen LogP contribution in [0, 0.1) is 5.92 Å². The van der Waals surface area contributed by atoms with Crippen molar-refractivity contribution in [2.75, 3.05) is 42.7 Å². The first kappa shape index (κ1) is 29.6. The van der Waals surface area contributed by atoms with Gasteiger partial charge in [-0.3, -0.25) is 0 Å². The number of methoxy groups -OCH3 is 6. The summed E-state index contributed by atoms with van der Waals surface area (Å²) in [4.78, 5) is 0. The van der Waals surface area contributed by atoms with Gasteiger partial charge < -0.3 is 28.4 Å². The summed E-state index contributed by atoms with van der Waals surface area (Å²) >= 11 is 0. The van der Waals surface area contributed by atoms with Crippen LogP contribution in [0.4, 0.5) is 0 Å². The minimum absolute atomic E-state index is 0.543. The van der Waals surface area contributed by atoms with Crippen molar-refractivity contribution in [3.8, 4) is 0 Å². The van der Waals surface area contributed by atoms with Crippen LogP contribution in [-0.2, 0) is 28.4 Å². The third-order valence-electron chi connectivity index (χ3n) is 7.27. The number of hydrogen-bond donors (Lipinski definition) is 0. The van der Waals surface area contributed by atoms with Crippen LogP contribution in [0.15, 0.2) is 91.0 Å². The van der Waals surface area contributed by atoms with E-state index in [0.717, 1.165) is 0 Å². The van der Waals surface area contributed by atoms with Crippen molar-refractivity contribution in [1.82, 2.24) is 0 Å². The molecule has 0 unspecified atom stereocenters. The number of ether oxygens (including phenoxy) is 6. The van der Waals surface area contributed by atoms with Crippen LogP contribution in [0.1, 0.15) is 0 Å². The van der Waals surface area contributed by atoms with E-state index in [2.05, 4.69) is 36.4 Å². The summed E-state index contributed by atoms with van der Waals surface area (Å²) in [5.41, 5.74) is -3.16. The van der Waals surface area contributed by atoms with Crippen LogP contribution in [0.25, 0.3) is 0 Å². The molecule has 3 aromatic rings. The molecule has 0 heterocycles. The van der Waals surface area contributed by atoms with Gasteiger partial charge >= 0.3 is 0 Å². The van der Waals surface area contributed by atoms with E-state index in [4.69, 9.17) is 28.4 Å². The van der Waals surface area contributed by atoms with Gasteiger partial charge in [0.05, 0.1) is 0 Å². The Morgan fingerprint density at radius 3 is 0.811 bits per heavy atom. The van der Waals surface area contributed by atoms with Crippen LogP contribution >= 0.6 is 0 Å². The minimum atomic E-state index is -1.25. The Morgan fingerprint density at radius 2 is 0.622 bits per heavy atom. The maximum absolute atomic E-state index is 6.41. The van der Waals surface area contributed by atoms with Gasteiger partial charge in [0, 0.05) is 42.7 Å². The van der Waals surface area contributed by atoms with Gasteiger partial charge in [0.2, 0.25) is 0 Å². The Bertz CT molecular complexity index is 907. The fourth-order valence-electron chi connectivity index (χ4n) is 5.34. The molecule has 0 bridgehead atoms. The molecular formula is C28H40O6Si3. The molecular weight excluding hydrogens is 517 g/mol. The fourth-order valence-corrected chi connectivity index (χ4v) is 12.8. The number of rotatable bonds is 15. The van der Waals surface area contributed by atoms with Crippen LogP contribution in [-0.4, -0.2) is 87.4 Å². The van der Waals surface area contributed by atoms with Gasteiger partial charge in [-0.25, -0.2) is 0 Å². The molecule has 0 amide bonds. The molecule has 0 N–H and O–H groups in total. The van der Waals surface area contributed by atoms with Gasteiger partial charge in [0.25, 0.3) is 0 Å². The second kappa shape index (κ2) is 13.7. The van der Waals surface area contributed by atoms with Gasteiger partial charge in [-0.15, -0.1) is 0 Å². The average Bonchev–Trinajstić information content (AvgIpc) is 2.97. The van der Waals surface area contributed by atoms with E-state index in [0.29, 0.717) is 0 Å². The molecule has 0 spiro atoms. The topological polar surface area (TPSA) is 55.4 Å². The van der Waals surface area contributed by atoms with Crippen LogP contribution < -0.4 is 15.6 Å². The lowest BCUT2D eigenvalue weighted by molar-refractivity contribution is -0.337. The second-order valence-electron chi connectivity index (χ2n) is 9.08. The number of hydrogen-bond acceptors (Lipinski definition) is 6. The van der Waals surface area contributed by atoms with Crippen molar-refractivity contribution in [2.45, 2.75) is 16.2 Å². The molecule has 0 saturated heterocycles. The predicted molar refractivity (Wildman–Crippen MR) is 158 cm³/mol. The van der Waals surface area contributed by atoms with E-state index in [-0.39, 0.29) is 0 Å². The number of benzene rings is 3. The third-order valence-corrected chi connectivity index (χ3v) is 14.3. The second-order valence-corrected chi connectivity index (χ2v) is 15.5. The highest BCUT2D eigenvalue weighted by atomic mass is 28.2. The van der Waals surface area contributed by atoms with Crippen molar-refractivity contribution >= 4 is 44.1 Å². The summed E-state index contributed by atoms with van der Waals surface area (Å²) in [7, 11) is 6.47. The van der Waals surface area contributed by atoms with Gasteiger partial charge in [-0.05, 0) is 0 Å². The first-order valence-corrected chi connectivity index (χ1v) is 16.6. The first-order valence-electron chi connectivity index (χ1n) is 12.4. The van der Waals surface area contributed by atoms with Crippen molar-refractivity contribution in [1.29, 1.82) is 0 Å². The zero-order valence-electron chi connectivity index (χ0n) is 22.8. The quantitative estimate of drug-likeness (QED) is 0.193. The smallest absolute Gasteiger partial charge is 0.161 e. The molecule has 0 aromatic heterocycles. The van der Waals surface area contributed by atoms with Crippen molar-refractivity contribution < 1.29 is 28.4 Å². The third kappa shape index (κ3) is 6.56. The van der Waals surface area contributed by atoms with Gasteiger partial charge in [-0.2, -0.15) is 0 Å². The summed E-state index contributed by atoms with van der Waals surface area (Å²) < 4.78 is 38.5. The summed E-state index contributed by atoms with van der Waals surface area (Å²) in [6.45, 7) is 0. The average molecular weight is 557 g/mol. The lowest BCUT2D eigenvalue weighted by Gasteiger charge is -2.54. The molecule has 200 valence electrons. The highest BCUT2D eigenvalue weighted by Crippen LogP contribution is 2.43. The van der Waals surface area contributed by atoms with E-state index in [1.807, 2.05) is 54.6 Å².